The normalized spacial score (nSPS) is 13.1. The van der Waals surface area contributed by atoms with Crippen LogP contribution in [0, 0.1) is 5.82 Å². The van der Waals surface area contributed by atoms with Crippen LogP contribution in [-0.4, -0.2) is 43.8 Å². The Balaban J connectivity index is 2.93. The van der Waals surface area contributed by atoms with Crippen LogP contribution in [0.2, 0.25) is 0 Å². The van der Waals surface area contributed by atoms with E-state index >= 15 is 0 Å². The van der Waals surface area contributed by atoms with Gasteiger partial charge in [-0.2, -0.15) is 4.72 Å². The molecule has 106 valence electrons. The minimum Gasteiger partial charge on any atom is -0.345 e. The fourth-order valence-corrected chi connectivity index (χ4v) is 2.60. The van der Waals surface area contributed by atoms with E-state index in [4.69, 9.17) is 0 Å². The second-order valence-corrected chi connectivity index (χ2v) is 5.62. The topological polar surface area (TPSA) is 79.4 Å². The molecule has 0 saturated heterocycles. The van der Waals surface area contributed by atoms with Gasteiger partial charge < -0.3 is 4.90 Å². The Morgan fingerprint density at radius 1 is 1.58 bits per heavy atom. The minimum atomic E-state index is -4.16. The Morgan fingerprint density at radius 3 is 2.74 bits per heavy atom. The fraction of sp³-hybridized carbons (Fsp3) is 0.455. The van der Waals surface area contributed by atoms with Crippen molar-refractivity contribution >= 4 is 15.9 Å². The van der Waals surface area contributed by atoms with Crippen molar-refractivity contribution in [2.24, 2.45) is 0 Å². The third-order valence-electron chi connectivity index (χ3n) is 2.53. The van der Waals surface area contributed by atoms with Crippen LogP contribution in [0.5, 0.6) is 0 Å². The lowest BCUT2D eigenvalue weighted by atomic mass is 10.3. The van der Waals surface area contributed by atoms with Gasteiger partial charge in [-0.3, -0.25) is 4.79 Å². The average Bonchev–Trinajstić information content (AvgIpc) is 2.36. The predicted octanol–water partition coefficient (Wildman–Crippen LogP) is 0.366. The van der Waals surface area contributed by atoms with Crippen LogP contribution in [0.3, 0.4) is 0 Å². The zero-order chi connectivity index (χ0) is 14.6. The highest BCUT2D eigenvalue weighted by Crippen LogP contribution is 2.10. The Hall–Kier alpha value is -1.54. The average molecular weight is 289 g/mol. The molecular formula is C11H16FN3O3S. The molecule has 1 aromatic rings. The van der Waals surface area contributed by atoms with Gasteiger partial charge in [-0.05, 0) is 26.0 Å². The summed E-state index contributed by atoms with van der Waals surface area (Å²) in [6, 6.07) is 1.29. The third-order valence-corrected chi connectivity index (χ3v) is 4.01. The standard InChI is InChI=1S/C11H16FN3O3S/c1-4-15(3)11(16)8(2)14-19(17,18)10-9(12)6-5-7-13-10/h5-8,14H,4H2,1-3H3. The van der Waals surface area contributed by atoms with Crippen LogP contribution in [0.25, 0.3) is 0 Å². The molecule has 0 aliphatic rings. The first-order chi connectivity index (χ1) is 8.79. The van der Waals surface area contributed by atoms with E-state index in [1.807, 2.05) is 0 Å². The van der Waals surface area contributed by atoms with Gasteiger partial charge in [-0.15, -0.1) is 0 Å². The van der Waals surface area contributed by atoms with Gasteiger partial charge in [-0.1, -0.05) is 0 Å². The van der Waals surface area contributed by atoms with Crippen molar-refractivity contribution in [1.29, 1.82) is 0 Å². The smallest absolute Gasteiger partial charge is 0.261 e. The second-order valence-electron chi connectivity index (χ2n) is 3.99. The number of amides is 1. The number of nitrogens with zero attached hydrogens (tertiary/aromatic N) is 2. The Morgan fingerprint density at radius 2 is 2.21 bits per heavy atom. The van der Waals surface area contributed by atoms with Gasteiger partial charge in [0.25, 0.3) is 10.0 Å². The number of rotatable bonds is 5. The van der Waals surface area contributed by atoms with Crippen molar-refractivity contribution in [3.8, 4) is 0 Å². The van der Waals surface area contributed by atoms with E-state index in [0.29, 0.717) is 6.54 Å². The van der Waals surface area contributed by atoms with Crippen molar-refractivity contribution in [2.45, 2.75) is 24.9 Å². The number of carbonyl (C=O) groups excluding carboxylic acids is 1. The number of hydrogen-bond acceptors (Lipinski definition) is 4. The van der Waals surface area contributed by atoms with Crippen LogP contribution in [0.4, 0.5) is 4.39 Å². The number of hydrogen-bond donors (Lipinski definition) is 1. The maximum atomic E-state index is 13.4. The molecule has 8 heteroatoms. The molecule has 19 heavy (non-hydrogen) atoms. The monoisotopic (exact) mass is 289 g/mol. The van der Waals surface area contributed by atoms with E-state index in [9.17, 15) is 17.6 Å². The lowest BCUT2D eigenvalue weighted by Crippen LogP contribution is -2.45. The molecule has 0 aliphatic heterocycles. The summed E-state index contributed by atoms with van der Waals surface area (Å²) in [5, 5.41) is -0.714. The molecule has 0 saturated carbocycles. The molecular weight excluding hydrogens is 273 g/mol. The molecule has 1 N–H and O–H groups in total. The quantitative estimate of drug-likeness (QED) is 0.849. The summed E-state index contributed by atoms with van der Waals surface area (Å²) in [4.78, 5) is 16.6. The number of sulfonamides is 1. The molecule has 0 spiro atoms. The Bertz CT molecular complexity index is 562. The zero-order valence-corrected chi connectivity index (χ0v) is 11.7. The molecule has 0 radical (unpaired) electrons. The molecule has 0 bridgehead atoms. The number of nitrogens with one attached hydrogen (secondary N) is 1. The molecule has 1 unspecified atom stereocenters. The summed E-state index contributed by atoms with van der Waals surface area (Å²) in [6.45, 7) is 3.60. The van der Waals surface area contributed by atoms with E-state index in [-0.39, 0.29) is 0 Å². The van der Waals surface area contributed by atoms with Crippen molar-refractivity contribution < 1.29 is 17.6 Å². The van der Waals surface area contributed by atoms with Crippen LogP contribution < -0.4 is 4.72 Å². The number of carbonyl (C=O) groups is 1. The lowest BCUT2D eigenvalue weighted by Gasteiger charge is -2.20. The summed E-state index contributed by atoms with van der Waals surface area (Å²) >= 11 is 0. The molecule has 1 amide bonds. The van der Waals surface area contributed by atoms with E-state index in [1.54, 1.807) is 14.0 Å². The molecule has 1 heterocycles. The van der Waals surface area contributed by atoms with E-state index in [2.05, 4.69) is 9.71 Å². The summed E-state index contributed by atoms with van der Waals surface area (Å²) in [5.41, 5.74) is 0. The highest BCUT2D eigenvalue weighted by molar-refractivity contribution is 7.89. The van der Waals surface area contributed by atoms with E-state index < -0.39 is 32.8 Å². The van der Waals surface area contributed by atoms with Crippen LogP contribution in [0.15, 0.2) is 23.4 Å². The predicted molar refractivity (Wildman–Crippen MR) is 67.3 cm³/mol. The first-order valence-electron chi connectivity index (χ1n) is 5.67. The molecule has 0 fully saturated rings. The highest BCUT2D eigenvalue weighted by atomic mass is 32.2. The van der Waals surface area contributed by atoms with E-state index in [0.717, 1.165) is 6.07 Å². The number of aromatic nitrogens is 1. The summed E-state index contributed by atoms with van der Waals surface area (Å²) in [5.74, 6) is -1.36. The van der Waals surface area contributed by atoms with Gasteiger partial charge in [0.1, 0.15) is 0 Å². The second kappa shape index (κ2) is 6.07. The molecule has 0 aromatic carbocycles. The minimum absolute atomic E-state index is 0.401. The van der Waals surface area contributed by atoms with E-state index in [1.165, 1.54) is 24.1 Å². The van der Waals surface area contributed by atoms with Crippen molar-refractivity contribution in [3.05, 3.63) is 24.1 Å². The highest BCUT2D eigenvalue weighted by Gasteiger charge is 2.26. The number of halogens is 1. The first kappa shape index (κ1) is 15.5. The first-order valence-corrected chi connectivity index (χ1v) is 7.15. The molecule has 1 rings (SSSR count). The molecule has 0 aliphatic carbocycles. The maximum Gasteiger partial charge on any atom is 0.261 e. The van der Waals surface area contributed by atoms with Gasteiger partial charge in [0.05, 0.1) is 6.04 Å². The molecule has 1 atom stereocenters. The van der Waals surface area contributed by atoms with Gasteiger partial charge in [0.15, 0.2) is 5.82 Å². The van der Waals surface area contributed by atoms with Crippen molar-refractivity contribution in [3.63, 3.8) is 0 Å². The summed E-state index contributed by atoms with van der Waals surface area (Å²) < 4.78 is 39.3. The van der Waals surface area contributed by atoms with Crippen molar-refractivity contribution in [1.82, 2.24) is 14.6 Å². The summed E-state index contributed by atoms with van der Waals surface area (Å²) in [7, 11) is -2.61. The van der Waals surface area contributed by atoms with Gasteiger partial charge in [0, 0.05) is 19.8 Å². The largest absolute Gasteiger partial charge is 0.345 e. The third kappa shape index (κ3) is 3.71. The Kier molecular flexibility index (Phi) is 4.96. The Labute approximate surface area is 111 Å². The fourth-order valence-electron chi connectivity index (χ4n) is 1.39. The number of likely N-dealkylation sites (N-methyl/N-ethyl adjacent to an activating group) is 1. The van der Waals surface area contributed by atoms with Crippen LogP contribution in [0.1, 0.15) is 13.8 Å². The van der Waals surface area contributed by atoms with Gasteiger partial charge in [-0.25, -0.2) is 17.8 Å². The van der Waals surface area contributed by atoms with Gasteiger partial charge in [0.2, 0.25) is 10.9 Å². The zero-order valence-electron chi connectivity index (χ0n) is 10.9. The maximum absolute atomic E-state index is 13.4. The summed E-state index contributed by atoms with van der Waals surface area (Å²) in [6.07, 6.45) is 1.17. The molecule has 1 aromatic heterocycles. The molecule has 6 nitrogen and oxygen atoms in total. The van der Waals surface area contributed by atoms with Crippen LogP contribution in [-0.2, 0) is 14.8 Å². The van der Waals surface area contributed by atoms with Crippen molar-refractivity contribution in [2.75, 3.05) is 13.6 Å². The SMILES string of the molecule is CCN(C)C(=O)C(C)NS(=O)(=O)c1ncccc1F. The number of pyridine rings is 1. The lowest BCUT2D eigenvalue weighted by molar-refractivity contribution is -0.131. The van der Waals surface area contributed by atoms with Crippen LogP contribution >= 0.6 is 0 Å². The van der Waals surface area contributed by atoms with Gasteiger partial charge >= 0.3 is 0 Å².